The maximum Gasteiger partial charge on any atom is 0.416 e. The van der Waals surface area contributed by atoms with E-state index in [9.17, 15) is 22.8 Å². The Morgan fingerprint density at radius 1 is 1.36 bits per heavy atom. The van der Waals surface area contributed by atoms with Gasteiger partial charge in [-0.1, -0.05) is 25.1 Å². The van der Waals surface area contributed by atoms with E-state index in [4.69, 9.17) is 0 Å². The zero-order valence-electron chi connectivity index (χ0n) is 14.3. The smallest absolute Gasteiger partial charge is 0.353 e. The third-order valence-electron chi connectivity index (χ3n) is 4.47. The van der Waals surface area contributed by atoms with Crippen molar-refractivity contribution < 1.29 is 22.8 Å². The number of hydrogen-bond acceptors (Lipinski definition) is 2. The maximum absolute atomic E-state index is 13.0. The summed E-state index contributed by atoms with van der Waals surface area (Å²) in [4.78, 5) is 24.0. The first-order valence-electron chi connectivity index (χ1n) is 8.45. The Balaban J connectivity index is 2.00. The lowest BCUT2D eigenvalue weighted by Gasteiger charge is -2.29. The highest BCUT2D eigenvalue weighted by Crippen LogP contribution is 2.32. The average molecular weight is 356 g/mol. The summed E-state index contributed by atoms with van der Waals surface area (Å²) >= 11 is 0. The van der Waals surface area contributed by atoms with Crippen LogP contribution in [-0.4, -0.2) is 23.9 Å². The first kappa shape index (κ1) is 19.3. The number of benzene rings is 1. The average Bonchev–Trinajstić information content (AvgIpc) is 2.53. The van der Waals surface area contributed by atoms with Gasteiger partial charge in [0.1, 0.15) is 0 Å². The summed E-state index contributed by atoms with van der Waals surface area (Å²) in [5.41, 5.74) is -0.533. The molecule has 1 aromatic carbocycles. The van der Waals surface area contributed by atoms with Crippen molar-refractivity contribution in [1.29, 1.82) is 0 Å². The summed E-state index contributed by atoms with van der Waals surface area (Å²) < 4.78 is 39.1. The fraction of sp³-hybridized carbons (Fsp3) is 0.556. The topological polar surface area (TPSA) is 58.2 Å². The fourth-order valence-electron chi connectivity index (χ4n) is 3.18. The second-order valence-electron chi connectivity index (χ2n) is 6.58. The number of amides is 2. The van der Waals surface area contributed by atoms with Gasteiger partial charge in [-0.3, -0.25) is 9.59 Å². The van der Waals surface area contributed by atoms with Crippen molar-refractivity contribution in [2.75, 3.05) is 0 Å². The highest BCUT2D eigenvalue weighted by atomic mass is 19.4. The van der Waals surface area contributed by atoms with Gasteiger partial charge in [0.05, 0.1) is 5.56 Å². The number of nitrogens with one attached hydrogen (secondary N) is 2. The van der Waals surface area contributed by atoms with Crippen LogP contribution in [-0.2, 0) is 22.2 Å². The van der Waals surface area contributed by atoms with Crippen molar-refractivity contribution in [1.82, 2.24) is 10.6 Å². The predicted octanol–water partition coefficient (Wildman–Crippen LogP) is 3.06. The van der Waals surface area contributed by atoms with E-state index < -0.39 is 23.7 Å². The minimum absolute atomic E-state index is 0.0294. The summed E-state index contributed by atoms with van der Waals surface area (Å²) in [6.07, 6.45) is -2.92. The Morgan fingerprint density at radius 2 is 2.04 bits per heavy atom. The lowest BCUT2D eigenvalue weighted by molar-refractivity contribution is -0.138. The Labute approximate surface area is 145 Å². The molecule has 3 unspecified atom stereocenters. The predicted molar refractivity (Wildman–Crippen MR) is 87.7 cm³/mol. The van der Waals surface area contributed by atoms with Gasteiger partial charge < -0.3 is 10.6 Å². The third kappa shape index (κ3) is 5.21. The van der Waals surface area contributed by atoms with Gasteiger partial charge in [0.15, 0.2) is 0 Å². The third-order valence-corrected chi connectivity index (χ3v) is 4.47. The molecule has 1 aliphatic heterocycles. The van der Waals surface area contributed by atoms with E-state index in [0.717, 1.165) is 12.5 Å². The summed E-state index contributed by atoms with van der Waals surface area (Å²) in [5, 5.41) is 5.58. The minimum Gasteiger partial charge on any atom is -0.353 e. The number of carbonyl (C=O) groups excluding carboxylic acids is 2. The van der Waals surface area contributed by atoms with Crippen LogP contribution in [0.5, 0.6) is 0 Å². The first-order chi connectivity index (χ1) is 11.7. The molecule has 1 saturated heterocycles. The highest BCUT2D eigenvalue weighted by Gasteiger charge is 2.34. The molecule has 1 fully saturated rings. The van der Waals surface area contributed by atoms with Gasteiger partial charge in [-0.2, -0.15) is 13.2 Å². The molecule has 25 heavy (non-hydrogen) atoms. The molecule has 2 rings (SSSR count). The van der Waals surface area contributed by atoms with Gasteiger partial charge >= 0.3 is 6.18 Å². The van der Waals surface area contributed by atoms with Crippen molar-refractivity contribution in [3.63, 3.8) is 0 Å². The summed E-state index contributed by atoms with van der Waals surface area (Å²) in [7, 11) is 0. The molecule has 2 amide bonds. The largest absolute Gasteiger partial charge is 0.416 e. The van der Waals surface area contributed by atoms with Crippen LogP contribution < -0.4 is 10.6 Å². The molecule has 1 aliphatic rings. The SMILES string of the molecule is CCC1CC(C(=O)NC(C)Cc2ccccc2C(F)(F)F)CC(=O)N1. The van der Waals surface area contributed by atoms with E-state index in [1.54, 1.807) is 13.0 Å². The molecular formula is C18H23F3N2O2. The highest BCUT2D eigenvalue weighted by molar-refractivity contribution is 5.87. The zero-order chi connectivity index (χ0) is 18.6. The van der Waals surface area contributed by atoms with Gasteiger partial charge in [0, 0.05) is 24.4 Å². The van der Waals surface area contributed by atoms with Crippen LogP contribution in [0.4, 0.5) is 13.2 Å². The monoisotopic (exact) mass is 356 g/mol. The van der Waals surface area contributed by atoms with Crippen LogP contribution in [0.1, 0.15) is 44.2 Å². The number of piperidine rings is 1. The fourth-order valence-corrected chi connectivity index (χ4v) is 3.18. The molecule has 3 atom stereocenters. The first-order valence-corrected chi connectivity index (χ1v) is 8.45. The lowest BCUT2D eigenvalue weighted by atomic mass is 9.89. The molecule has 4 nitrogen and oxygen atoms in total. The van der Waals surface area contributed by atoms with Crippen molar-refractivity contribution in [3.8, 4) is 0 Å². The van der Waals surface area contributed by atoms with Gasteiger partial charge in [0.25, 0.3) is 0 Å². The van der Waals surface area contributed by atoms with E-state index in [2.05, 4.69) is 10.6 Å². The van der Waals surface area contributed by atoms with Crippen molar-refractivity contribution in [3.05, 3.63) is 35.4 Å². The molecule has 7 heteroatoms. The van der Waals surface area contributed by atoms with Crippen LogP contribution in [0.2, 0.25) is 0 Å². The molecule has 0 radical (unpaired) electrons. The van der Waals surface area contributed by atoms with Crippen LogP contribution in [0.3, 0.4) is 0 Å². The number of alkyl halides is 3. The van der Waals surface area contributed by atoms with E-state index in [1.807, 2.05) is 6.92 Å². The lowest BCUT2D eigenvalue weighted by Crippen LogP contribution is -2.48. The molecule has 0 aromatic heterocycles. The van der Waals surface area contributed by atoms with Crippen LogP contribution in [0.15, 0.2) is 24.3 Å². The van der Waals surface area contributed by atoms with Gasteiger partial charge in [-0.15, -0.1) is 0 Å². The Morgan fingerprint density at radius 3 is 2.68 bits per heavy atom. The van der Waals surface area contributed by atoms with E-state index >= 15 is 0 Å². The maximum atomic E-state index is 13.0. The normalized spacial score (nSPS) is 22.2. The van der Waals surface area contributed by atoms with E-state index in [-0.39, 0.29) is 36.3 Å². The second-order valence-corrected chi connectivity index (χ2v) is 6.58. The molecule has 0 aliphatic carbocycles. The molecule has 0 saturated carbocycles. The van der Waals surface area contributed by atoms with Gasteiger partial charge in [0.2, 0.25) is 11.8 Å². The minimum atomic E-state index is -4.42. The molecule has 1 heterocycles. The van der Waals surface area contributed by atoms with E-state index in [0.29, 0.717) is 6.42 Å². The molecule has 138 valence electrons. The molecule has 0 bridgehead atoms. The summed E-state index contributed by atoms with van der Waals surface area (Å²) in [6.45, 7) is 3.60. The number of carbonyl (C=O) groups is 2. The van der Waals surface area contributed by atoms with Crippen molar-refractivity contribution in [2.45, 2.75) is 57.8 Å². The second kappa shape index (κ2) is 7.89. The van der Waals surface area contributed by atoms with Gasteiger partial charge in [-0.05, 0) is 37.8 Å². The zero-order valence-corrected chi connectivity index (χ0v) is 14.3. The Hall–Kier alpha value is -2.05. The summed E-state index contributed by atoms with van der Waals surface area (Å²) in [5.74, 6) is -0.863. The van der Waals surface area contributed by atoms with Crippen molar-refractivity contribution >= 4 is 11.8 Å². The quantitative estimate of drug-likeness (QED) is 0.852. The Kier molecular flexibility index (Phi) is 6.08. The van der Waals surface area contributed by atoms with E-state index in [1.165, 1.54) is 12.1 Å². The number of rotatable bonds is 5. The summed E-state index contributed by atoms with van der Waals surface area (Å²) in [6, 6.07) is 4.88. The number of hydrogen-bond donors (Lipinski definition) is 2. The standard InChI is InChI=1S/C18H23F3N2O2/c1-3-14-9-13(10-16(24)23-14)17(25)22-11(2)8-12-6-4-5-7-15(12)18(19,20)21/h4-7,11,13-14H,3,8-10H2,1-2H3,(H,22,25)(H,23,24). The van der Waals surface area contributed by atoms with Gasteiger partial charge in [-0.25, -0.2) is 0 Å². The van der Waals surface area contributed by atoms with Crippen LogP contribution in [0.25, 0.3) is 0 Å². The van der Waals surface area contributed by atoms with Crippen molar-refractivity contribution in [2.24, 2.45) is 5.92 Å². The molecule has 2 N–H and O–H groups in total. The number of halogens is 3. The molecular weight excluding hydrogens is 333 g/mol. The Bertz CT molecular complexity index is 631. The molecule has 0 spiro atoms. The van der Waals surface area contributed by atoms with Crippen LogP contribution in [0, 0.1) is 5.92 Å². The molecule has 1 aromatic rings. The van der Waals surface area contributed by atoms with Crippen LogP contribution >= 0.6 is 0 Å².